The minimum absolute atomic E-state index is 0.265. The summed E-state index contributed by atoms with van der Waals surface area (Å²) >= 11 is 0. The Morgan fingerprint density at radius 1 is 1.06 bits per heavy atom. The molecule has 0 aromatic rings. The van der Waals surface area contributed by atoms with Crippen LogP contribution in [0, 0.1) is 5.92 Å². The van der Waals surface area contributed by atoms with Crippen LogP contribution in [0.15, 0.2) is 0 Å². The van der Waals surface area contributed by atoms with E-state index in [1.807, 2.05) is 9.80 Å². The molecule has 2 unspecified atom stereocenters. The number of likely N-dealkylation sites (N-methyl/N-ethyl adjacent to an activating group) is 1. The van der Waals surface area contributed by atoms with Gasteiger partial charge in [-0.25, -0.2) is 4.79 Å². The van der Waals surface area contributed by atoms with Crippen molar-refractivity contribution < 1.29 is 4.79 Å². The number of likely N-dealkylation sites (tertiary alicyclic amines) is 2. The smallest absolute Gasteiger partial charge is 0.320 e. The monoisotopic (exact) mass is 239 g/mol. The highest BCUT2D eigenvalue weighted by atomic mass is 16.2. The first kappa shape index (κ1) is 12.7. The Bertz CT molecular complexity index is 274. The summed E-state index contributed by atoms with van der Waals surface area (Å²) in [7, 11) is 4.21. The molecule has 2 fully saturated rings. The summed E-state index contributed by atoms with van der Waals surface area (Å²) in [4.78, 5) is 18.7. The van der Waals surface area contributed by atoms with Crippen molar-refractivity contribution in [3.05, 3.63) is 0 Å². The molecule has 4 nitrogen and oxygen atoms in total. The van der Waals surface area contributed by atoms with Gasteiger partial charge in [0.2, 0.25) is 0 Å². The molecule has 0 bridgehead atoms. The Kier molecular flexibility index (Phi) is 3.92. The summed E-state index contributed by atoms with van der Waals surface area (Å²) in [5.74, 6) is 0.582. The van der Waals surface area contributed by atoms with Crippen LogP contribution in [0.4, 0.5) is 4.79 Å². The first-order chi connectivity index (χ1) is 8.09. The molecular weight excluding hydrogens is 214 g/mol. The second kappa shape index (κ2) is 5.25. The number of hydrogen-bond donors (Lipinski definition) is 0. The number of nitrogens with zero attached hydrogens (tertiary/aromatic N) is 3. The van der Waals surface area contributed by atoms with Crippen LogP contribution in [0.1, 0.15) is 26.2 Å². The molecule has 2 aliphatic rings. The van der Waals surface area contributed by atoms with E-state index in [1.54, 1.807) is 0 Å². The van der Waals surface area contributed by atoms with Crippen LogP contribution in [-0.2, 0) is 0 Å². The second-order valence-electron chi connectivity index (χ2n) is 5.74. The van der Waals surface area contributed by atoms with Gasteiger partial charge < -0.3 is 14.7 Å². The van der Waals surface area contributed by atoms with Crippen LogP contribution in [0.3, 0.4) is 0 Å². The molecule has 0 aromatic carbocycles. The van der Waals surface area contributed by atoms with E-state index in [1.165, 1.54) is 19.3 Å². The lowest BCUT2D eigenvalue weighted by molar-refractivity contribution is 0.149. The first-order valence-corrected chi connectivity index (χ1v) is 6.80. The van der Waals surface area contributed by atoms with E-state index >= 15 is 0 Å². The van der Waals surface area contributed by atoms with Gasteiger partial charge in [-0.1, -0.05) is 6.92 Å². The summed E-state index contributed by atoms with van der Waals surface area (Å²) in [6.45, 7) is 5.96. The highest BCUT2D eigenvalue weighted by Crippen LogP contribution is 2.22. The highest BCUT2D eigenvalue weighted by molar-refractivity contribution is 5.75. The van der Waals surface area contributed by atoms with Crippen molar-refractivity contribution in [3.63, 3.8) is 0 Å². The minimum atomic E-state index is 0.265. The number of rotatable bonds is 1. The third-order valence-corrected chi connectivity index (χ3v) is 4.13. The third kappa shape index (κ3) is 2.73. The van der Waals surface area contributed by atoms with Gasteiger partial charge in [0.15, 0.2) is 0 Å². The molecule has 2 amide bonds. The molecule has 0 aliphatic carbocycles. The van der Waals surface area contributed by atoms with Gasteiger partial charge in [0.05, 0.1) is 0 Å². The number of hydrogen-bond acceptors (Lipinski definition) is 2. The lowest BCUT2D eigenvalue weighted by Gasteiger charge is -2.31. The van der Waals surface area contributed by atoms with Crippen molar-refractivity contribution in [1.29, 1.82) is 0 Å². The van der Waals surface area contributed by atoms with E-state index in [9.17, 15) is 4.79 Å². The van der Waals surface area contributed by atoms with Crippen LogP contribution >= 0.6 is 0 Å². The van der Waals surface area contributed by atoms with Gasteiger partial charge in [-0.3, -0.25) is 0 Å². The van der Waals surface area contributed by atoms with Crippen molar-refractivity contribution in [2.75, 3.05) is 40.3 Å². The molecule has 4 heteroatoms. The van der Waals surface area contributed by atoms with Crippen molar-refractivity contribution in [1.82, 2.24) is 14.7 Å². The van der Waals surface area contributed by atoms with E-state index in [4.69, 9.17) is 0 Å². The highest BCUT2D eigenvalue weighted by Gasteiger charge is 2.35. The Morgan fingerprint density at radius 2 is 1.71 bits per heavy atom. The minimum Gasteiger partial charge on any atom is -0.325 e. The Hall–Kier alpha value is -0.770. The zero-order valence-electron chi connectivity index (χ0n) is 11.4. The Balaban J connectivity index is 1.92. The van der Waals surface area contributed by atoms with E-state index in [2.05, 4.69) is 25.9 Å². The van der Waals surface area contributed by atoms with Crippen molar-refractivity contribution in [2.24, 2.45) is 5.92 Å². The van der Waals surface area contributed by atoms with Gasteiger partial charge in [0, 0.05) is 32.2 Å². The number of urea groups is 1. The Morgan fingerprint density at radius 3 is 2.24 bits per heavy atom. The number of carbonyl (C=O) groups is 1. The summed E-state index contributed by atoms with van der Waals surface area (Å²) in [5, 5.41) is 0. The molecule has 2 saturated heterocycles. The molecule has 2 atom stereocenters. The molecule has 0 saturated carbocycles. The Labute approximate surface area is 105 Å². The molecule has 2 heterocycles. The largest absolute Gasteiger partial charge is 0.325 e. The zero-order valence-corrected chi connectivity index (χ0v) is 11.4. The van der Waals surface area contributed by atoms with Crippen LogP contribution in [0.25, 0.3) is 0 Å². The van der Waals surface area contributed by atoms with Gasteiger partial charge in [-0.2, -0.15) is 0 Å². The summed E-state index contributed by atoms with van der Waals surface area (Å²) in [6, 6.07) is 0.782. The topological polar surface area (TPSA) is 26.8 Å². The van der Waals surface area contributed by atoms with Crippen LogP contribution in [0.5, 0.6) is 0 Å². The van der Waals surface area contributed by atoms with Gasteiger partial charge in [-0.15, -0.1) is 0 Å². The second-order valence-corrected chi connectivity index (χ2v) is 5.74. The molecule has 17 heavy (non-hydrogen) atoms. The number of carbonyl (C=O) groups excluding carboxylic acids is 1. The summed E-state index contributed by atoms with van der Waals surface area (Å²) < 4.78 is 0. The predicted molar refractivity (Wildman–Crippen MR) is 69.0 cm³/mol. The SMILES string of the molecule is CC1CN(C(=O)N2CCCCC2)CC1N(C)C. The van der Waals surface area contributed by atoms with Crippen LogP contribution in [0.2, 0.25) is 0 Å². The normalized spacial score (nSPS) is 30.1. The average molecular weight is 239 g/mol. The van der Waals surface area contributed by atoms with Crippen LogP contribution < -0.4 is 0 Å². The van der Waals surface area contributed by atoms with E-state index in [-0.39, 0.29) is 6.03 Å². The van der Waals surface area contributed by atoms with Gasteiger partial charge in [0.1, 0.15) is 0 Å². The summed E-state index contributed by atoms with van der Waals surface area (Å²) in [5.41, 5.74) is 0. The molecule has 0 spiro atoms. The molecule has 0 radical (unpaired) electrons. The fourth-order valence-corrected chi connectivity index (χ4v) is 3.06. The lowest BCUT2D eigenvalue weighted by Crippen LogP contribution is -2.45. The van der Waals surface area contributed by atoms with E-state index in [0.29, 0.717) is 12.0 Å². The standard InChI is InChI=1S/C13H25N3O/c1-11-9-16(10-12(11)14(2)3)13(17)15-7-5-4-6-8-15/h11-12H,4-10H2,1-3H3. The van der Waals surface area contributed by atoms with Gasteiger partial charge in [-0.05, 0) is 39.3 Å². The van der Waals surface area contributed by atoms with E-state index < -0.39 is 0 Å². The quantitative estimate of drug-likeness (QED) is 0.693. The molecular formula is C13H25N3O. The molecule has 98 valence electrons. The molecule has 2 rings (SSSR count). The lowest BCUT2D eigenvalue weighted by atomic mass is 10.1. The van der Waals surface area contributed by atoms with Gasteiger partial charge in [0.25, 0.3) is 0 Å². The predicted octanol–water partition coefficient (Wildman–Crippen LogP) is 1.47. The van der Waals surface area contributed by atoms with E-state index in [0.717, 1.165) is 26.2 Å². The van der Waals surface area contributed by atoms with Crippen molar-refractivity contribution in [2.45, 2.75) is 32.2 Å². The maximum Gasteiger partial charge on any atom is 0.320 e. The fraction of sp³-hybridized carbons (Fsp3) is 0.923. The molecule has 0 aromatic heterocycles. The zero-order chi connectivity index (χ0) is 12.4. The average Bonchev–Trinajstić information content (AvgIpc) is 2.71. The summed E-state index contributed by atoms with van der Waals surface area (Å²) in [6.07, 6.45) is 3.62. The van der Waals surface area contributed by atoms with Crippen LogP contribution in [-0.4, -0.2) is 67.0 Å². The van der Waals surface area contributed by atoms with Crippen molar-refractivity contribution in [3.8, 4) is 0 Å². The van der Waals surface area contributed by atoms with Crippen molar-refractivity contribution >= 4 is 6.03 Å². The maximum atomic E-state index is 12.3. The molecule has 0 N–H and O–H groups in total. The fourth-order valence-electron chi connectivity index (χ4n) is 3.06. The maximum absolute atomic E-state index is 12.3. The third-order valence-electron chi connectivity index (χ3n) is 4.13. The number of piperidine rings is 1. The number of amides is 2. The molecule has 2 aliphatic heterocycles. The first-order valence-electron chi connectivity index (χ1n) is 6.80. The van der Waals surface area contributed by atoms with Gasteiger partial charge >= 0.3 is 6.03 Å².